The van der Waals surface area contributed by atoms with Gasteiger partial charge in [-0.2, -0.15) is 0 Å². The van der Waals surface area contributed by atoms with Crippen molar-refractivity contribution >= 4 is 29.2 Å². The number of carbonyl (C=O) groups excluding carboxylic acids is 2. The molecule has 0 aliphatic heterocycles. The molecule has 1 aromatic rings. The molecule has 7 heteroatoms. The normalized spacial score (nSPS) is 11.9. The largest absolute Gasteiger partial charge is 0.544 e. The summed E-state index contributed by atoms with van der Waals surface area (Å²) >= 11 is 5.78. The number of benzene rings is 1. The molecule has 0 aliphatic rings. The lowest BCUT2D eigenvalue weighted by Crippen LogP contribution is -2.95. The molecular formula is C12H17ClN3O3+. The van der Waals surface area contributed by atoms with E-state index in [1.165, 1.54) is 0 Å². The number of rotatable bonds is 7. The summed E-state index contributed by atoms with van der Waals surface area (Å²) in [5.74, 6) is -1.65. The van der Waals surface area contributed by atoms with Gasteiger partial charge in [0.1, 0.15) is 19.1 Å². The second-order valence-electron chi connectivity index (χ2n) is 4.07. The molecule has 1 aromatic carbocycles. The highest BCUT2D eigenvalue weighted by atomic mass is 35.5. The molecule has 0 fully saturated rings. The zero-order valence-electron chi connectivity index (χ0n) is 10.4. The van der Waals surface area contributed by atoms with E-state index in [4.69, 9.17) is 11.6 Å². The lowest BCUT2D eigenvalue weighted by molar-refractivity contribution is -0.695. The Morgan fingerprint density at radius 3 is 2.79 bits per heavy atom. The first-order valence-corrected chi connectivity index (χ1v) is 6.29. The molecule has 0 aliphatic carbocycles. The van der Waals surface area contributed by atoms with Crippen LogP contribution >= 0.6 is 11.6 Å². The molecule has 0 unspecified atom stereocenters. The van der Waals surface area contributed by atoms with Crippen LogP contribution < -0.4 is 21.5 Å². The molecule has 6 nitrogen and oxygen atoms in total. The van der Waals surface area contributed by atoms with E-state index < -0.39 is 17.9 Å². The molecule has 104 valence electrons. The molecular weight excluding hydrogens is 270 g/mol. The van der Waals surface area contributed by atoms with Crippen LogP contribution in [-0.4, -0.2) is 31.0 Å². The highest BCUT2D eigenvalue weighted by Crippen LogP contribution is 2.14. The van der Waals surface area contributed by atoms with Crippen LogP contribution in [0.5, 0.6) is 0 Å². The second kappa shape index (κ2) is 7.73. The Morgan fingerprint density at radius 2 is 2.21 bits per heavy atom. The minimum absolute atomic E-state index is 0.158. The maximum Gasteiger partial charge on any atom is 0.230 e. The number of anilines is 1. The maximum absolute atomic E-state index is 11.7. The summed E-state index contributed by atoms with van der Waals surface area (Å²) in [5, 5.41) is 15.5. The van der Waals surface area contributed by atoms with Gasteiger partial charge in [0.05, 0.1) is 12.4 Å². The molecule has 1 amide bonds. The van der Waals surface area contributed by atoms with Crippen molar-refractivity contribution in [2.75, 3.05) is 18.4 Å². The number of nitrogens with one attached hydrogen (secondary N) is 1. The molecule has 0 heterocycles. The molecule has 0 bridgehead atoms. The van der Waals surface area contributed by atoms with Gasteiger partial charge in [0.15, 0.2) is 0 Å². The Bertz CT molecular complexity index is 454. The number of hydrogen-bond acceptors (Lipinski definition) is 3. The molecule has 0 saturated heterocycles. The first-order chi connectivity index (χ1) is 9.02. The second-order valence-corrected chi connectivity index (χ2v) is 4.50. The minimum atomic E-state index is -1.25. The topological polar surface area (TPSA) is 113 Å². The number of aliphatic carboxylic acids is 1. The Labute approximate surface area is 115 Å². The maximum atomic E-state index is 11.7. The number of hydrogen-bond donors (Lipinski definition) is 3. The van der Waals surface area contributed by atoms with Gasteiger partial charge in [-0.3, -0.25) is 4.79 Å². The van der Waals surface area contributed by atoms with E-state index in [0.717, 1.165) is 0 Å². The van der Waals surface area contributed by atoms with E-state index in [1.807, 2.05) is 0 Å². The third-order valence-corrected chi connectivity index (χ3v) is 2.71. The van der Waals surface area contributed by atoms with Gasteiger partial charge in [-0.15, -0.1) is 0 Å². The molecule has 0 aromatic heterocycles. The summed E-state index contributed by atoms with van der Waals surface area (Å²) < 4.78 is 0. The number of amides is 1. The van der Waals surface area contributed by atoms with Gasteiger partial charge in [0.25, 0.3) is 0 Å². The smallest absolute Gasteiger partial charge is 0.230 e. The highest BCUT2D eigenvalue weighted by Gasteiger charge is 2.18. The molecule has 0 radical (unpaired) electrons. The van der Waals surface area contributed by atoms with E-state index in [-0.39, 0.29) is 6.42 Å². The van der Waals surface area contributed by atoms with E-state index in [0.29, 0.717) is 23.8 Å². The summed E-state index contributed by atoms with van der Waals surface area (Å²) in [6.07, 6.45) is -0.158. The molecule has 0 saturated carbocycles. The monoisotopic (exact) mass is 286 g/mol. The van der Waals surface area contributed by atoms with Crippen LogP contribution in [0.3, 0.4) is 0 Å². The summed E-state index contributed by atoms with van der Waals surface area (Å²) in [4.78, 5) is 22.6. The predicted molar refractivity (Wildman–Crippen MR) is 68.0 cm³/mol. The third kappa shape index (κ3) is 5.69. The van der Waals surface area contributed by atoms with Crippen LogP contribution in [0.4, 0.5) is 5.69 Å². The standard InChI is InChI=1S/C12H16ClN3O3/c13-8-2-1-3-9(6-8)16-11(17)7-10(12(18)19)15-5-4-14/h1-3,6,10,15H,4-5,7,14H2,(H,16,17)(H,18,19)/p+1/t10-/m0/s1. The van der Waals surface area contributed by atoms with Crippen LogP contribution in [0.1, 0.15) is 6.42 Å². The fourth-order valence-corrected chi connectivity index (χ4v) is 1.75. The van der Waals surface area contributed by atoms with Crippen molar-refractivity contribution in [3.8, 4) is 0 Å². The van der Waals surface area contributed by atoms with Crippen LogP contribution in [-0.2, 0) is 9.59 Å². The predicted octanol–water partition coefficient (Wildman–Crippen LogP) is -2.41. The van der Waals surface area contributed by atoms with E-state index in [9.17, 15) is 14.7 Å². The van der Waals surface area contributed by atoms with Gasteiger partial charge >= 0.3 is 0 Å². The van der Waals surface area contributed by atoms with Crippen LogP contribution in [0.25, 0.3) is 0 Å². The third-order valence-electron chi connectivity index (χ3n) is 2.47. The number of carboxylic acids is 1. The zero-order valence-corrected chi connectivity index (χ0v) is 11.2. The van der Waals surface area contributed by atoms with Crippen molar-refractivity contribution in [3.05, 3.63) is 29.3 Å². The number of carbonyl (C=O) groups is 2. The van der Waals surface area contributed by atoms with Gasteiger partial charge in [0, 0.05) is 10.7 Å². The van der Waals surface area contributed by atoms with E-state index in [2.05, 4.69) is 11.1 Å². The van der Waals surface area contributed by atoms with Gasteiger partial charge in [-0.25, -0.2) is 0 Å². The van der Waals surface area contributed by atoms with E-state index in [1.54, 1.807) is 29.6 Å². The van der Waals surface area contributed by atoms with Crippen molar-refractivity contribution in [1.82, 2.24) is 0 Å². The van der Waals surface area contributed by atoms with Crippen LogP contribution in [0.2, 0.25) is 5.02 Å². The highest BCUT2D eigenvalue weighted by molar-refractivity contribution is 6.30. The van der Waals surface area contributed by atoms with Crippen LogP contribution in [0, 0.1) is 0 Å². The molecule has 1 rings (SSSR count). The molecule has 0 spiro atoms. The Morgan fingerprint density at radius 1 is 1.47 bits per heavy atom. The van der Waals surface area contributed by atoms with Crippen molar-refractivity contribution in [2.45, 2.75) is 12.5 Å². The van der Waals surface area contributed by atoms with Crippen LogP contribution in [0.15, 0.2) is 24.3 Å². The van der Waals surface area contributed by atoms with Gasteiger partial charge < -0.3 is 26.3 Å². The number of quaternary nitrogens is 2. The van der Waals surface area contributed by atoms with Crippen molar-refractivity contribution in [2.24, 2.45) is 0 Å². The fraction of sp³-hybridized carbons (Fsp3) is 0.333. The molecule has 6 N–H and O–H groups in total. The first-order valence-electron chi connectivity index (χ1n) is 5.91. The average Bonchev–Trinajstić information content (AvgIpc) is 2.34. The summed E-state index contributed by atoms with van der Waals surface area (Å²) in [6, 6.07) is 5.75. The minimum Gasteiger partial charge on any atom is -0.544 e. The van der Waals surface area contributed by atoms with E-state index >= 15 is 0 Å². The molecule has 19 heavy (non-hydrogen) atoms. The molecule has 1 atom stereocenters. The summed E-state index contributed by atoms with van der Waals surface area (Å²) in [7, 11) is 0. The lowest BCUT2D eigenvalue weighted by Gasteiger charge is -2.15. The van der Waals surface area contributed by atoms with Crippen molar-refractivity contribution in [1.29, 1.82) is 0 Å². The summed E-state index contributed by atoms with van der Waals surface area (Å²) in [6.45, 7) is 1.11. The number of halogens is 1. The number of nitrogens with two attached hydrogens (primary N) is 1. The van der Waals surface area contributed by atoms with Gasteiger partial charge in [-0.1, -0.05) is 17.7 Å². The fourth-order valence-electron chi connectivity index (χ4n) is 1.56. The quantitative estimate of drug-likeness (QED) is 0.519. The Kier molecular flexibility index (Phi) is 6.27. The summed E-state index contributed by atoms with van der Waals surface area (Å²) in [5.41, 5.74) is 4.15. The first kappa shape index (κ1) is 15.4. The zero-order chi connectivity index (χ0) is 14.3. The average molecular weight is 287 g/mol. The Balaban J connectivity index is 2.55. The SMILES string of the molecule is [NH3+]CC[NH2+][C@@H](CC(=O)Nc1cccc(Cl)c1)C(=O)[O-]. The van der Waals surface area contributed by atoms with Crippen molar-refractivity contribution in [3.63, 3.8) is 0 Å². The van der Waals surface area contributed by atoms with Gasteiger partial charge in [-0.05, 0) is 18.2 Å². The van der Waals surface area contributed by atoms with Crippen molar-refractivity contribution < 1.29 is 25.7 Å². The number of carboxylic acid groups (broad SMARTS) is 1. The lowest BCUT2D eigenvalue weighted by atomic mass is 10.2. The Hall–Kier alpha value is -1.63. The van der Waals surface area contributed by atoms with Gasteiger partial charge in [0.2, 0.25) is 5.91 Å².